The fraction of sp³-hybridized carbons (Fsp3) is 0.385. The summed E-state index contributed by atoms with van der Waals surface area (Å²) in [6.07, 6.45) is 2.20. The zero-order valence-electron chi connectivity index (χ0n) is 11.4. The normalized spacial score (nSPS) is 11.7. The monoisotopic (exact) mass is 312 g/mol. The van der Waals surface area contributed by atoms with Crippen LogP contribution in [-0.4, -0.2) is 40.0 Å². The number of rotatable bonds is 8. The number of nitrogens with one attached hydrogen (secondary N) is 1. The fourth-order valence-electron chi connectivity index (χ4n) is 1.66. The van der Waals surface area contributed by atoms with Gasteiger partial charge in [0, 0.05) is 12.1 Å². The Morgan fingerprint density at radius 3 is 2.48 bits per heavy atom. The van der Waals surface area contributed by atoms with Gasteiger partial charge in [-0.15, -0.1) is 0 Å². The Morgan fingerprint density at radius 2 is 2.00 bits per heavy atom. The Balaban J connectivity index is 2.59. The molecule has 7 nitrogen and oxygen atoms in total. The van der Waals surface area contributed by atoms with Crippen molar-refractivity contribution in [3.63, 3.8) is 0 Å². The number of amides is 1. The molecule has 0 bridgehead atoms. The molecule has 0 aliphatic heterocycles. The molecular formula is C13H16N2O5S. The van der Waals surface area contributed by atoms with Crippen molar-refractivity contribution in [2.45, 2.75) is 18.9 Å². The summed E-state index contributed by atoms with van der Waals surface area (Å²) in [5.41, 5.74) is 0.537. The molecule has 21 heavy (non-hydrogen) atoms. The first kappa shape index (κ1) is 17.0. The second-order valence-corrected chi connectivity index (χ2v) is 5.33. The van der Waals surface area contributed by atoms with Gasteiger partial charge in [-0.05, 0) is 24.0 Å². The van der Waals surface area contributed by atoms with Gasteiger partial charge in [0.1, 0.15) is 6.04 Å². The summed E-state index contributed by atoms with van der Waals surface area (Å²) in [5, 5.41) is 22.0. The molecule has 1 aromatic carbocycles. The minimum absolute atomic E-state index is 0.0129. The van der Waals surface area contributed by atoms with Crippen molar-refractivity contribution in [2.24, 2.45) is 0 Å². The van der Waals surface area contributed by atoms with E-state index < -0.39 is 22.8 Å². The van der Waals surface area contributed by atoms with Crippen LogP contribution in [-0.2, 0) is 16.0 Å². The molecule has 0 fully saturated rings. The summed E-state index contributed by atoms with van der Waals surface area (Å²) in [6.45, 7) is 0. The van der Waals surface area contributed by atoms with E-state index in [4.69, 9.17) is 5.11 Å². The SMILES string of the molecule is CSCC[C@H](NC(=O)Cc1ccc([N+](=O)[O-])cc1)C(=O)O. The number of aliphatic carboxylic acids is 1. The number of carboxylic acid groups (broad SMARTS) is 1. The highest BCUT2D eigenvalue weighted by molar-refractivity contribution is 7.98. The molecule has 0 aliphatic carbocycles. The maximum absolute atomic E-state index is 11.8. The molecule has 0 aromatic heterocycles. The van der Waals surface area contributed by atoms with E-state index in [9.17, 15) is 19.7 Å². The van der Waals surface area contributed by atoms with Gasteiger partial charge in [0.25, 0.3) is 5.69 Å². The number of hydrogen-bond donors (Lipinski definition) is 2. The number of benzene rings is 1. The van der Waals surface area contributed by atoms with Crippen molar-refractivity contribution in [3.05, 3.63) is 39.9 Å². The number of nitro benzene ring substituents is 1. The second-order valence-electron chi connectivity index (χ2n) is 4.34. The van der Waals surface area contributed by atoms with Crippen LogP contribution >= 0.6 is 11.8 Å². The van der Waals surface area contributed by atoms with E-state index in [1.807, 2.05) is 6.26 Å². The van der Waals surface area contributed by atoms with Crippen molar-refractivity contribution in [1.29, 1.82) is 0 Å². The summed E-state index contributed by atoms with van der Waals surface area (Å²) >= 11 is 1.50. The Kier molecular flexibility index (Phi) is 6.67. The number of thioether (sulfide) groups is 1. The Hall–Kier alpha value is -2.09. The standard InChI is InChI=1S/C13H16N2O5S/c1-21-7-6-11(13(17)18)14-12(16)8-9-2-4-10(5-3-9)15(19)20/h2-5,11H,6-8H2,1H3,(H,14,16)(H,17,18)/t11-/m0/s1. The maximum Gasteiger partial charge on any atom is 0.326 e. The van der Waals surface area contributed by atoms with Crippen molar-refractivity contribution < 1.29 is 19.6 Å². The largest absolute Gasteiger partial charge is 0.480 e. The predicted molar refractivity (Wildman–Crippen MR) is 79.4 cm³/mol. The first-order chi connectivity index (χ1) is 9.93. The summed E-state index contributed by atoms with van der Waals surface area (Å²) in [5.74, 6) is -0.854. The van der Waals surface area contributed by atoms with Gasteiger partial charge in [-0.25, -0.2) is 4.79 Å². The van der Waals surface area contributed by atoms with E-state index in [0.29, 0.717) is 17.7 Å². The van der Waals surface area contributed by atoms with E-state index in [0.717, 1.165) is 0 Å². The first-order valence-corrected chi connectivity index (χ1v) is 7.58. The van der Waals surface area contributed by atoms with Crippen molar-refractivity contribution >= 4 is 29.3 Å². The molecule has 1 amide bonds. The third-order valence-corrected chi connectivity index (χ3v) is 3.40. The lowest BCUT2D eigenvalue weighted by Crippen LogP contribution is -2.41. The third kappa shape index (κ3) is 5.82. The minimum Gasteiger partial charge on any atom is -0.480 e. The number of non-ortho nitro benzene ring substituents is 1. The van der Waals surface area contributed by atoms with E-state index in [1.165, 1.54) is 36.0 Å². The second kappa shape index (κ2) is 8.25. The van der Waals surface area contributed by atoms with Gasteiger partial charge < -0.3 is 10.4 Å². The highest BCUT2D eigenvalue weighted by atomic mass is 32.2. The van der Waals surface area contributed by atoms with E-state index >= 15 is 0 Å². The highest BCUT2D eigenvalue weighted by Crippen LogP contribution is 2.12. The van der Waals surface area contributed by atoms with Crippen molar-refractivity contribution in [2.75, 3.05) is 12.0 Å². The molecule has 1 rings (SSSR count). The zero-order valence-corrected chi connectivity index (χ0v) is 12.3. The van der Waals surface area contributed by atoms with Gasteiger partial charge in [0.05, 0.1) is 11.3 Å². The van der Waals surface area contributed by atoms with Crippen LogP contribution in [0.3, 0.4) is 0 Å². The summed E-state index contributed by atoms with van der Waals surface area (Å²) < 4.78 is 0. The lowest BCUT2D eigenvalue weighted by Gasteiger charge is -2.13. The summed E-state index contributed by atoms with van der Waals surface area (Å²) in [6, 6.07) is 4.67. The number of carbonyl (C=O) groups excluding carboxylic acids is 1. The van der Waals surface area contributed by atoms with Crippen LogP contribution in [0.5, 0.6) is 0 Å². The van der Waals surface area contributed by atoms with Crippen molar-refractivity contribution in [1.82, 2.24) is 5.32 Å². The molecule has 1 aromatic rings. The van der Waals surface area contributed by atoms with Gasteiger partial charge in [-0.2, -0.15) is 11.8 Å². The lowest BCUT2D eigenvalue weighted by atomic mass is 10.1. The Morgan fingerprint density at radius 1 is 1.38 bits per heavy atom. The summed E-state index contributed by atoms with van der Waals surface area (Å²) in [7, 11) is 0. The minimum atomic E-state index is -1.07. The highest BCUT2D eigenvalue weighted by Gasteiger charge is 2.19. The van der Waals surface area contributed by atoms with Crippen LogP contribution < -0.4 is 5.32 Å². The van der Waals surface area contributed by atoms with Gasteiger partial charge in [-0.3, -0.25) is 14.9 Å². The lowest BCUT2D eigenvalue weighted by molar-refractivity contribution is -0.384. The number of nitrogens with zero attached hydrogens (tertiary/aromatic N) is 1. The van der Waals surface area contributed by atoms with Gasteiger partial charge in [0.2, 0.25) is 5.91 Å². The molecule has 0 unspecified atom stereocenters. The van der Waals surface area contributed by atoms with Gasteiger partial charge in [-0.1, -0.05) is 12.1 Å². The van der Waals surface area contributed by atoms with Gasteiger partial charge >= 0.3 is 5.97 Å². The molecule has 1 atom stereocenters. The maximum atomic E-state index is 11.8. The predicted octanol–water partition coefficient (Wildman–Crippen LogP) is 1.46. The van der Waals surface area contributed by atoms with Gasteiger partial charge in [0.15, 0.2) is 0 Å². The molecule has 0 aliphatic rings. The Labute approximate surface area is 125 Å². The summed E-state index contributed by atoms with van der Waals surface area (Å²) in [4.78, 5) is 32.8. The van der Waals surface area contributed by atoms with Crippen molar-refractivity contribution in [3.8, 4) is 0 Å². The van der Waals surface area contributed by atoms with Crippen LogP contribution in [0, 0.1) is 10.1 Å². The first-order valence-electron chi connectivity index (χ1n) is 6.18. The molecule has 2 N–H and O–H groups in total. The molecule has 0 saturated carbocycles. The molecule has 8 heteroatoms. The number of carboxylic acids is 1. The molecule has 114 valence electrons. The van der Waals surface area contributed by atoms with E-state index in [2.05, 4.69) is 5.32 Å². The quantitative estimate of drug-likeness (QED) is 0.555. The molecule has 0 radical (unpaired) electrons. The number of nitro groups is 1. The topological polar surface area (TPSA) is 110 Å². The molecule has 0 spiro atoms. The molecule has 0 heterocycles. The third-order valence-electron chi connectivity index (χ3n) is 2.76. The average Bonchev–Trinajstić information content (AvgIpc) is 2.43. The smallest absolute Gasteiger partial charge is 0.326 e. The van der Waals surface area contributed by atoms with E-state index in [1.54, 1.807) is 0 Å². The molecule has 0 saturated heterocycles. The van der Waals surface area contributed by atoms with Crippen LogP contribution in [0.1, 0.15) is 12.0 Å². The van der Waals surface area contributed by atoms with Crippen LogP contribution in [0.25, 0.3) is 0 Å². The zero-order chi connectivity index (χ0) is 15.8. The van der Waals surface area contributed by atoms with Crippen LogP contribution in [0.2, 0.25) is 0 Å². The Bertz CT molecular complexity index is 518. The average molecular weight is 312 g/mol. The van der Waals surface area contributed by atoms with E-state index in [-0.39, 0.29) is 12.1 Å². The van der Waals surface area contributed by atoms with Crippen LogP contribution in [0.4, 0.5) is 5.69 Å². The fourth-order valence-corrected chi connectivity index (χ4v) is 2.13. The number of carbonyl (C=O) groups is 2. The number of hydrogen-bond acceptors (Lipinski definition) is 5. The molecular weight excluding hydrogens is 296 g/mol. The van der Waals surface area contributed by atoms with Crippen LogP contribution in [0.15, 0.2) is 24.3 Å².